The Morgan fingerprint density at radius 3 is 2.38 bits per heavy atom. The fourth-order valence-corrected chi connectivity index (χ4v) is 4.64. The largest absolute Gasteiger partial charge is 0.381 e. The molecule has 0 radical (unpaired) electrons. The Morgan fingerprint density at radius 1 is 1.33 bits per heavy atom. The highest BCUT2D eigenvalue weighted by molar-refractivity contribution is 7.89. The lowest BCUT2D eigenvalue weighted by Gasteiger charge is -2.36. The maximum atomic E-state index is 12.8. The number of ether oxygens (including phenoxy) is 1. The zero-order valence-corrected chi connectivity index (χ0v) is 14.3. The molecule has 0 saturated carbocycles. The lowest BCUT2D eigenvalue weighted by molar-refractivity contribution is 0.0174. The number of hydrogen-bond donors (Lipinski definition) is 0. The number of sulfonamides is 1. The van der Waals surface area contributed by atoms with Crippen LogP contribution in [0.2, 0.25) is 0 Å². The first-order valence-electron chi connectivity index (χ1n) is 7.22. The molecule has 120 valence electrons. The molecule has 1 saturated heterocycles. The van der Waals surface area contributed by atoms with Gasteiger partial charge >= 0.3 is 0 Å². The van der Waals surface area contributed by atoms with Crippen molar-refractivity contribution in [2.45, 2.75) is 38.5 Å². The molecule has 0 aliphatic carbocycles. The van der Waals surface area contributed by atoms with Crippen molar-refractivity contribution in [1.29, 1.82) is 0 Å². The van der Waals surface area contributed by atoms with E-state index in [1.54, 1.807) is 32.6 Å². The van der Waals surface area contributed by atoms with E-state index < -0.39 is 10.0 Å². The van der Waals surface area contributed by atoms with E-state index in [0.717, 1.165) is 12.8 Å². The van der Waals surface area contributed by atoms with Gasteiger partial charge in [0.15, 0.2) is 0 Å². The van der Waals surface area contributed by atoms with E-state index in [0.29, 0.717) is 36.0 Å². The minimum Gasteiger partial charge on any atom is -0.381 e. The number of nitrogens with zero attached hydrogens (tertiary/aromatic N) is 3. The van der Waals surface area contributed by atoms with Crippen LogP contribution in [-0.2, 0) is 21.8 Å². The van der Waals surface area contributed by atoms with Crippen LogP contribution < -0.4 is 0 Å². The molecule has 1 aromatic rings. The van der Waals surface area contributed by atoms with Crippen LogP contribution in [0.4, 0.5) is 0 Å². The molecule has 2 heterocycles. The Balaban J connectivity index is 2.26. The van der Waals surface area contributed by atoms with E-state index >= 15 is 0 Å². The first kappa shape index (κ1) is 16.5. The van der Waals surface area contributed by atoms with Gasteiger partial charge in [0.25, 0.3) is 0 Å². The molecule has 0 N–H and O–H groups in total. The van der Waals surface area contributed by atoms with Crippen LogP contribution in [0.15, 0.2) is 4.90 Å². The molecule has 0 atom stereocenters. The van der Waals surface area contributed by atoms with E-state index in [9.17, 15) is 8.42 Å². The van der Waals surface area contributed by atoms with E-state index in [4.69, 9.17) is 4.74 Å². The quantitative estimate of drug-likeness (QED) is 0.844. The minimum atomic E-state index is -3.51. The summed E-state index contributed by atoms with van der Waals surface area (Å²) in [6.45, 7) is 7.57. The summed E-state index contributed by atoms with van der Waals surface area (Å²) in [5, 5.41) is 4.21. The van der Waals surface area contributed by atoms with Crippen molar-refractivity contribution in [3.8, 4) is 0 Å². The zero-order chi connectivity index (χ0) is 15.8. The van der Waals surface area contributed by atoms with Gasteiger partial charge in [0.1, 0.15) is 4.90 Å². The van der Waals surface area contributed by atoms with Gasteiger partial charge in [0.05, 0.1) is 11.4 Å². The smallest absolute Gasteiger partial charge is 0.246 e. The average Bonchev–Trinajstić information content (AvgIpc) is 2.63. The summed E-state index contributed by atoms with van der Waals surface area (Å²) in [5.41, 5.74) is 1.21. The second kappa shape index (κ2) is 5.70. The molecule has 1 aliphatic rings. The Kier molecular flexibility index (Phi) is 4.46. The third kappa shape index (κ3) is 3.14. The summed E-state index contributed by atoms with van der Waals surface area (Å²) in [6.07, 6.45) is 1.77. The predicted octanol–water partition coefficient (Wildman–Crippen LogP) is 1.47. The summed E-state index contributed by atoms with van der Waals surface area (Å²) < 4.78 is 34.2. The lowest BCUT2D eigenvalue weighted by atomic mass is 9.82. The van der Waals surface area contributed by atoms with Gasteiger partial charge in [0, 0.05) is 33.9 Å². The van der Waals surface area contributed by atoms with Gasteiger partial charge in [0.2, 0.25) is 10.0 Å². The molecule has 0 amide bonds. The van der Waals surface area contributed by atoms with Crippen molar-refractivity contribution in [2.24, 2.45) is 12.5 Å². The van der Waals surface area contributed by atoms with Crippen molar-refractivity contribution in [3.05, 3.63) is 11.4 Å². The van der Waals surface area contributed by atoms with Gasteiger partial charge in [-0.3, -0.25) is 4.68 Å². The van der Waals surface area contributed by atoms with Crippen LogP contribution in [-0.4, -0.2) is 49.3 Å². The summed E-state index contributed by atoms with van der Waals surface area (Å²) in [5.74, 6) is 0. The number of hydrogen-bond acceptors (Lipinski definition) is 4. The first-order chi connectivity index (χ1) is 9.67. The van der Waals surface area contributed by atoms with Gasteiger partial charge in [-0.1, -0.05) is 6.92 Å². The van der Waals surface area contributed by atoms with E-state index in [1.165, 1.54) is 4.31 Å². The first-order valence-corrected chi connectivity index (χ1v) is 8.66. The monoisotopic (exact) mass is 315 g/mol. The van der Waals surface area contributed by atoms with E-state index in [2.05, 4.69) is 12.0 Å². The maximum Gasteiger partial charge on any atom is 0.246 e. The molecule has 21 heavy (non-hydrogen) atoms. The van der Waals surface area contributed by atoms with Crippen LogP contribution in [0.1, 0.15) is 31.2 Å². The van der Waals surface area contributed by atoms with Gasteiger partial charge in [-0.2, -0.15) is 5.10 Å². The van der Waals surface area contributed by atoms with Crippen molar-refractivity contribution in [2.75, 3.05) is 26.8 Å². The minimum absolute atomic E-state index is 0.0237. The second-order valence-corrected chi connectivity index (χ2v) is 8.29. The van der Waals surface area contributed by atoms with Crippen LogP contribution >= 0.6 is 0 Å². The number of aryl methyl sites for hydroxylation is 2. The van der Waals surface area contributed by atoms with E-state index in [-0.39, 0.29) is 5.41 Å². The highest BCUT2D eigenvalue weighted by atomic mass is 32.2. The van der Waals surface area contributed by atoms with Crippen molar-refractivity contribution < 1.29 is 13.2 Å². The summed E-state index contributed by atoms with van der Waals surface area (Å²) in [4.78, 5) is 0.336. The Morgan fingerprint density at radius 2 is 1.90 bits per heavy atom. The SMILES string of the molecule is Cc1nn(C)c(C)c1S(=O)(=O)N(C)CC1(C)CCOCC1. The number of aromatic nitrogens is 2. The zero-order valence-electron chi connectivity index (χ0n) is 13.5. The normalized spacial score (nSPS) is 19.1. The van der Waals surface area contributed by atoms with Crippen LogP contribution in [0.5, 0.6) is 0 Å². The van der Waals surface area contributed by atoms with Crippen LogP contribution in [0.25, 0.3) is 0 Å². The third-order valence-corrected chi connectivity index (χ3v) is 6.47. The van der Waals surface area contributed by atoms with Crippen molar-refractivity contribution >= 4 is 10.0 Å². The average molecular weight is 315 g/mol. The van der Waals surface area contributed by atoms with Crippen molar-refractivity contribution in [3.63, 3.8) is 0 Å². The van der Waals surface area contributed by atoms with Gasteiger partial charge in [-0.05, 0) is 32.1 Å². The summed E-state index contributed by atoms with van der Waals surface area (Å²) in [6, 6.07) is 0. The maximum absolute atomic E-state index is 12.8. The van der Waals surface area contributed by atoms with E-state index in [1.807, 2.05) is 0 Å². The van der Waals surface area contributed by atoms with Gasteiger partial charge in [-0.15, -0.1) is 0 Å². The fraction of sp³-hybridized carbons (Fsp3) is 0.786. The Labute approximate surface area is 127 Å². The molecule has 2 rings (SSSR count). The van der Waals surface area contributed by atoms with Gasteiger partial charge < -0.3 is 4.74 Å². The molecule has 0 aromatic carbocycles. The molecule has 7 heteroatoms. The molecule has 0 unspecified atom stereocenters. The molecular formula is C14H25N3O3S. The summed E-state index contributed by atoms with van der Waals surface area (Å²) >= 11 is 0. The third-order valence-electron chi connectivity index (χ3n) is 4.42. The second-order valence-electron chi connectivity index (χ2n) is 6.31. The molecule has 0 bridgehead atoms. The standard InChI is InChI=1S/C14H25N3O3S/c1-11-13(12(2)17(5)15-11)21(18,19)16(4)10-14(3)6-8-20-9-7-14/h6-10H2,1-5H3. The highest BCUT2D eigenvalue weighted by Gasteiger charge is 2.35. The summed E-state index contributed by atoms with van der Waals surface area (Å²) in [7, 11) is -0.0881. The Bertz CT molecular complexity index is 616. The van der Waals surface area contributed by atoms with Crippen molar-refractivity contribution in [1.82, 2.24) is 14.1 Å². The number of rotatable bonds is 4. The molecule has 1 aromatic heterocycles. The highest BCUT2D eigenvalue weighted by Crippen LogP contribution is 2.32. The molecular weight excluding hydrogens is 290 g/mol. The Hall–Kier alpha value is -0.920. The molecule has 1 aliphatic heterocycles. The topological polar surface area (TPSA) is 64.4 Å². The predicted molar refractivity (Wildman–Crippen MR) is 80.7 cm³/mol. The molecule has 1 fully saturated rings. The van der Waals surface area contributed by atoms with Crippen LogP contribution in [0.3, 0.4) is 0 Å². The molecule has 0 spiro atoms. The van der Waals surface area contributed by atoms with Crippen LogP contribution in [0, 0.1) is 19.3 Å². The van der Waals surface area contributed by atoms with Gasteiger partial charge in [-0.25, -0.2) is 12.7 Å². The molecule has 6 nitrogen and oxygen atoms in total. The fourth-order valence-electron chi connectivity index (χ4n) is 2.93. The lowest BCUT2D eigenvalue weighted by Crippen LogP contribution is -2.40.